The Kier molecular flexibility index (Phi) is 5.88. The number of ether oxygens (including phenoxy) is 1. The molecule has 0 bridgehead atoms. The molecular weight excluding hydrogens is 484 g/mol. The number of benzene rings is 1. The second-order valence-corrected chi connectivity index (χ2v) is 8.48. The molecule has 0 spiro atoms. The van der Waals surface area contributed by atoms with Crippen LogP contribution in [0, 0.1) is 5.82 Å². The Morgan fingerprint density at radius 1 is 1.33 bits per heavy atom. The highest BCUT2D eigenvalue weighted by atomic mass is 19.3. The van der Waals surface area contributed by atoms with Gasteiger partial charge >= 0.3 is 0 Å². The number of anilines is 1. The monoisotopic (exact) mass is 506 g/mol. The summed E-state index contributed by atoms with van der Waals surface area (Å²) in [5.41, 5.74) is 1.76. The Morgan fingerprint density at radius 3 is 2.83 bits per heavy atom. The van der Waals surface area contributed by atoms with Crippen LogP contribution in [0.15, 0.2) is 24.4 Å². The maximum absolute atomic E-state index is 15.2. The molecular formula is C22H22F4N8O2. The molecule has 3 aromatic heterocycles. The van der Waals surface area contributed by atoms with E-state index in [0.29, 0.717) is 16.6 Å². The Hall–Kier alpha value is -3.97. The van der Waals surface area contributed by atoms with E-state index in [1.165, 1.54) is 23.2 Å². The van der Waals surface area contributed by atoms with Crippen LogP contribution in [0.25, 0.3) is 27.7 Å². The SMILES string of the molecule is COc1nc(N[C@@H]2CCN(C(C)=O)CC2(F)F)nn2cc(F)c(-c3ccc4nnn(CCF)c4c3)c12. The lowest BCUT2D eigenvalue weighted by Gasteiger charge is -2.38. The van der Waals surface area contributed by atoms with Crippen molar-refractivity contribution in [1.29, 1.82) is 0 Å². The number of carbonyl (C=O) groups excluding carboxylic acids is 1. The van der Waals surface area contributed by atoms with Gasteiger partial charge in [0, 0.05) is 13.5 Å². The molecule has 0 unspecified atom stereocenters. The normalized spacial score (nSPS) is 17.6. The fraction of sp³-hybridized carbons (Fsp3) is 0.409. The van der Waals surface area contributed by atoms with Crippen LogP contribution >= 0.6 is 0 Å². The summed E-state index contributed by atoms with van der Waals surface area (Å²) in [7, 11) is 1.32. The number of aromatic nitrogens is 6. The summed E-state index contributed by atoms with van der Waals surface area (Å²) in [6, 6.07) is 3.55. The Bertz CT molecular complexity index is 1450. The molecule has 1 amide bonds. The molecule has 1 aliphatic heterocycles. The maximum atomic E-state index is 15.2. The number of methoxy groups -OCH3 is 1. The van der Waals surface area contributed by atoms with Crippen molar-refractivity contribution < 1.29 is 27.1 Å². The number of alkyl halides is 3. The predicted molar refractivity (Wildman–Crippen MR) is 121 cm³/mol. The van der Waals surface area contributed by atoms with E-state index in [-0.39, 0.29) is 42.4 Å². The first-order valence-corrected chi connectivity index (χ1v) is 11.1. The zero-order valence-corrected chi connectivity index (χ0v) is 19.4. The highest BCUT2D eigenvalue weighted by Gasteiger charge is 2.46. The van der Waals surface area contributed by atoms with E-state index in [4.69, 9.17) is 4.74 Å². The number of hydrogen-bond acceptors (Lipinski definition) is 7. The van der Waals surface area contributed by atoms with E-state index < -0.39 is 36.9 Å². The van der Waals surface area contributed by atoms with Gasteiger partial charge in [0.2, 0.25) is 17.7 Å². The lowest BCUT2D eigenvalue weighted by atomic mass is 10.0. The van der Waals surface area contributed by atoms with Gasteiger partial charge < -0.3 is 15.0 Å². The molecule has 4 heterocycles. The first-order valence-electron chi connectivity index (χ1n) is 11.1. The van der Waals surface area contributed by atoms with Crippen molar-refractivity contribution in [1.82, 2.24) is 34.5 Å². The molecule has 190 valence electrons. The first-order chi connectivity index (χ1) is 17.2. The van der Waals surface area contributed by atoms with Crippen molar-refractivity contribution in [3.63, 3.8) is 0 Å². The van der Waals surface area contributed by atoms with Gasteiger partial charge in [-0.15, -0.1) is 10.2 Å². The molecule has 1 atom stereocenters. The third-order valence-electron chi connectivity index (χ3n) is 6.19. The zero-order chi connectivity index (χ0) is 25.6. The molecule has 10 nitrogen and oxygen atoms in total. The molecule has 1 aliphatic rings. The van der Waals surface area contributed by atoms with Crippen molar-refractivity contribution in [3.05, 3.63) is 30.2 Å². The molecule has 1 aromatic carbocycles. The van der Waals surface area contributed by atoms with E-state index in [1.54, 1.807) is 18.2 Å². The molecule has 0 aliphatic carbocycles. The van der Waals surface area contributed by atoms with Crippen LogP contribution in [0.1, 0.15) is 13.3 Å². The van der Waals surface area contributed by atoms with Gasteiger partial charge in [0.05, 0.1) is 43.5 Å². The van der Waals surface area contributed by atoms with Gasteiger partial charge in [-0.1, -0.05) is 11.3 Å². The Labute approximate surface area is 201 Å². The number of piperidine rings is 1. The van der Waals surface area contributed by atoms with Gasteiger partial charge in [-0.2, -0.15) is 4.98 Å². The summed E-state index contributed by atoms with van der Waals surface area (Å²) >= 11 is 0. The minimum atomic E-state index is -3.23. The minimum absolute atomic E-state index is 0.00359. The van der Waals surface area contributed by atoms with Gasteiger partial charge in [-0.3, -0.25) is 4.79 Å². The molecule has 1 fully saturated rings. The highest BCUT2D eigenvalue weighted by Crippen LogP contribution is 2.36. The van der Waals surface area contributed by atoms with Crippen LogP contribution in [0.3, 0.4) is 0 Å². The molecule has 5 rings (SSSR count). The average molecular weight is 506 g/mol. The van der Waals surface area contributed by atoms with Gasteiger partial charge in [0.15, 0.2) is 5.82 Å². The summed E-state index contributed by atoms with van der Waals surface area (Å²) in [5.74, 6) is -4.52. The molecule has 36 heavy (non-hydrogen) atoms. The molecule has 14 heteroatoms. The van der Waals surface area contributed by atoms with Gasteiger partial charge in [0.1, 0.15) is 17.7 Å². The number of halogens is 4. The van der Waals surface area contributed by atoms with E-state index in [1.807, 2.05) is 0 Å². The number of nitrogens with zero attached hydrogens (tertiary/aromatic N) is 7. The third-order valence-corrected chi connectivity index (χ3v) is 6.19. The number of rotatable bonds is 6. The lowest BCUT2D eigenvalue weighted by molar-refractivity contribution is -0.140. The van der Waals surface area contributed by atoms with Crippen molar-refractivity contribution >= 4 is 28.4 Å². The fourth-order valence-electron chi connectivity index (χ4n) is 4.41. The summed E-state index contributed by atoms with van der Waals surface area (Å²) in [6.07, 6.45) is 1.07. The van der Waals surface area contributed by atoms with Crippen molar-refractivity contribution in [2.24, 2.45) is 0 Å². The van der Waals surface area contributed by atoms with Crippen molar-refractivity contribution in [3.8, 4) is 17.0 Å². The number of amides is 1. The van der Waals surface area contributed by atoms with Crippen molar-refractivity contribution in [2.45, 2.75) is 31.9 Å². The quantitative estimate of drug-likeness (QED) is 0.401. The van der Waals surface area contributed by atoms with E-state index in [2.05, 4.69) is 25.7 Å². The molecule has 1 N–H and O–H groups in total. The Balaban J connectivity index is 1.53. The first kappa shape index (κ1) is 23.8. The van der Waals surface area contributed by atoms with Crippen LogP contribution in [-0.4, -0.2) is 79.2 Å². The number of likely N-dealkylation sites (tertiary alicyclic amines) is 1. The Morgan fingerprint density at radius 2 is 2.14 bits per heavy atom. The van der Waals surface area contributed by atoms with Gasteiger partial charge in [0.25, 0.3) is 5.92 Å². The predicted octanol–water partition coefficient (Wildman–Crippen LogP) is 2.93. The fourth-order valence-corrected chi connectivity index (χ4v) is 4.41. The molecule has 4 aromatic rings. The molecule has 1 saturated heterocycles. The number of fused-ring (bicyclic) bond motifs is 2. The topological polar surface area (TPSA) is 102 Å². The largest absolute Gasteiger partial charge is 0.479 e. The van der Waals surface area contributed by atoms with Crippen LogP contribution < -0.4 is 10.1 Å². The summed E-state index contributed by atoms with van der Waals surface area (Å²) in [5, 5.41) is 14.7. The van der Waals surface area contributed by atoms with E-state index in [0.717, 1.165) is 11.1 Å². The van der Waals surface area contributed by atoms with E-state index >= 15 is 4.39 Å². The number of carbonyl (C=O) groups is 1. The number of nitrogens with one attached hydrogen (secondary N) is 1. The third kappa shape index (κ3) is 4.05. The standard InChI is InChI=1S/C22H22F4N8O2/c1-12(35)32-7-5-17(22(25,26)11-32)27-21-28-20(36-2)19-18(14(24)10-34(19)30-21)13-3-4-15-16(9-13)33(8-6-23)31-29-15/h3-4,9-10,17H,5-8,11H2,1-2H3,(H,27,30)/t17-/m1/s1. The maximum Gasteiger partial charge on any atom is 0.285 e. The van der Waals surface area contributed by atoms with Crippen LogP contribution in [-0.2, 0) is 11.3 Å². The average Bonchev–Trinajstić information content (AvgIpc) is 3.39. The van der Waals surface area contributed by atoms with E-state index in [9.17, 15) is 18.0 Å². The lowest BCUT2D eigenvalue weighted by Crippen LogP contribution is -2.55. The number of hydrogen-bond donors (Lipinski definition) is 1. The minimum Gasteiger partial charge on any atom is -0.479 e. The number of aryl methyl sites for hydroxylation is 1. The zero-order valence-electron chi connectivity index (χ0n) is 19.4. The van der Waals surface area contributed by atoms with Crippen LogP contribution in [0.4, 0.5) is 23.5 Å². The highest BCUT2D eigenvalue weighted by molar-refractivity contribution is 5.89. The molecule has 0 radical (unpaired) electrons. The molecule has 0 saturated carbocycles. The second-order valence-electron chi connectivity index (χ2n) is 8.48. The second kappa shape index (κ2) is 8.91. The van der Waals surface area contributed by atoms with Crippen LogP contribution in [0.2, 0.25) is 0 Å². The van der Waals surface area contributed by atoms with Gasteiger partial charge in [-0.05, 0) is 24.1 Å². The summed E-state index contributed by atoms with van der Waals surface area (Å²) < 4.78 is 65.4. The van der Waals surface area contributed by atoms with Crippen LogP contribution in [0.5, 0.6) is 5.88 Å². The smallest absolute Gasteiger partial charge is 0.285 e. The van der Waals surface area contributed by atoms with Gasteiger partial charge in [-0.25, -0.2) is 26.8 Å². The summed E-state index contributed by atoms with van der Waals surface area (Å²) in [4.78, 5) is 16.8. The van der Waals surface area contributed by atoms with Crippen molar-refractivity contribution in [2.75, 3.05) is 32.2 Å². The summed E-state index contributed by atoms with van der Waals surface area (Å²) in [6.45, 7) is 0.0263.